The van der Waals surface area contributed by atoms with E-state index in [9.17, 15) is 9.59 Å². The van der Waals surface area contributed by atoms with Crippen molar-refractivity contribution in [2.75, 3.05) is 16.8 Å². The number of nitrogens with one attached hydrogen (secondary N) is 1. The first kappa shape index (κ1) is 19.3. The molecule has 1 aliphatic heterocycles. The normalized spacial score (nSPS) is 16.5. The zero-order valence-corrected chi connectivity index (χ0v) is 16.9. The first-order valence-corrected chi connectivity index (χ1v) is 10.2. The van der Waals surface area contributed by atoms with Gasteiger partial charge in [-0.3, -0.25) is 14.9 Å². The molecule has 1 aromatic heterocycles. The van der Waals surface area contributed by atoms with Crippen LogP contribution < -0.4 is 10.2 Å². The molecule has 2 heterocycles. The smallest absolute Gasteiger partial charge is 0.250 e. The Morgan fingerprint density at radius 2 is 1.90 bits per heavy atom. The van der Waals surface area contributed by atoms with Crippen molar-refractivity contribution in [3.8, 4) is 0 Å². The van der Waals surface area contributed by atoms with Crippen molar-refractivity contribution < 1.29 is 9.59 Å². The summed E-state index contributed by atoms with van der Waals surface area (Å²) in [5, 5.41) is 12.7. The van der Waals surface area contributed by atoms with Gasteiger partial charge in [0.05, 0.1) is 0 Å². The van der Waals surface area contributed by atoms with Crippen molar-refractivity contribution in [2.45, 2.75) is 12.3 Å². The maximum Gasteiger partial charge on any atom is 0.250 e. The minimum absolute atomic E-state index is 0.0320. The van der Waals surface area contributed by atoms with Gasteiger partial charge in [-0.2, -0.15) is 0 Å². The fourth-order valence-corrected chi connectivity index (χ4v) is 4.04. The molecule has 0 aliphatic carbocycles. The molecule has 3 aromatic rings. The molecule has 0 bridgehead atoms. The number of carbonyl (C=O) groups excluding carboxylic acids is 2. The lowest BCUT2D eigenvalue weighted by Gasteiger charge is -2.15. The molecule has 0 radical (unpaired) electrons. The molecule has 29 heavy (non-hydrogen) atoms. The van der Waals surface area contributed by atoms with Crippen LogP contribution >= 0.6 is 22.9 Å². The van der Waals surface area contributed by atoms with Crippen LogP contribution in [-0.4, -0.2) is 28.6 Å². The molecule has 4 rings (SSSR count). The second-order valence-corrected chi connectivity index (χ2v) is 8.01. The number of nitrogens with zero attached hydrogens (tertiary/aromatic N) is 3. The van der Waals surface area contributed by atoms with Crippen molar-refractivity contribution in [1.29, 1.82) is 0 Å². The lowest BCUT2D eigenvalue weighted by atomic mass is 10.1. The Morgan fingerprint density at radius 3 is 2.66 bits per heavy atom. The molecule has 1 atom stereocenters. The van der Waals surface area contributed by atoms with Gasteiger partial charge >= 0.3 is 0 Å². The Morgan fingerprint density at radius 1 is 1.14 bits per heavy atom. The third-order valence-corrected chi connectivity index (χ3v) is 5.76. The van der Waals surface area contributed by atoms with E-state index >= 15 is 0 Å². The van der Waals surface area contributed by atoms with E-state index < -0.39 is 0 Å². The highest BCUT2D eigenvalue weighted by molar-refractivity contribution is 7.15. The van der Waals surface area contributed by atoms with Gasteiger partial charge in [-0.15, -0.1) is 10.2 Å². The molecule has 1 aliphatic rings. The van der Waals surface area contributed by atoms with Crippen LogP contribution in [0.5, 0.6) is 0 Å². The largest absolute Gasteiger partial charge is 0.312 e. The first-order chi connectivity index (χ1) is 14.1. The minimum atomic E-state index is -0.295. The van der Waals surface area contributed by atoms with Crippen molar-refractivity contribution in [1.82, 2.24) is 10.2 Å². The average molecular weight is 425 g/mol. The van der Waals surface area contributed by atoms with Crippen LogP contribution in [0.1, 0.15) is 22.9 Å². The molecule has 0 spiro atoms. The lowest BCUT2D eigenvalue weighted by molar-refractivity contribution is -0.117. The number of carbonyl (C=O) groups is 2. The summed E-state index contributed by atoms with van der Waals surface area (Å²) in [6, 6.07) is 16.7. The molecule has 1 unspecified atom stereocenters. The summed E-state index contributed by atoms with van der Waals surface area (Å²) in [4.78, 5) is 26.3. The monoisotopic (exact) mass is 424 g/mol. The predicted octanol–water partition coefficient (Wildman–Crippen LogP) is 4.36. The molecule has 8 heteroatoms. The summed E-state index contributed by atoms with van der Waals surface area (Å²) >= 11 is 7.15. The van der Waals surface area contributed by atoms with Crippen molar-refractivity contribution >= 4 is 51.6 Å². The standard InChI is InChI=1S/C21H17ClN4O2S/c22-16-9-6-14(7-10-16)8-11-18(27)23-21-25-24-20(29-21)15-12-19(28)26(13-15)17-4-2-1-3-5-17/h1-11,15H,12-13H2,(H,23,25,27)/b11-8+. The van der Waals surface area contributed by atoms with Gasteiger partial charge in [-0.05, 0) is 35.9 Å². The van der Waals surface area contributed by atoms with Gasteiger partial charge in [0.1, 0.15) is 5.01 Å². The minimum Gasteiger partial charge on any atom is -0.312 e. The highest BCUT2D eigenvalue weighted by Gasteiger charge is 2.33. The number of aromatic nitrogens is 2. The predicted molar refractivity (Wildman–Crippen MR) is 115 cm³/mol. The van der Waals surface area contributed by atoms with Crippen LogP contribution in [0.3, 0.4) is 0 Å². The Kier molecular flexibility index (Phi) is 5.69. The van der Waals surface area contributed by atoms with Crippen LogP contribution in [0.15, 0.2) is 60.7 Å². The fraction of sp³-hybridized carbons (Fsp3) is 0.143. The van der Waals surface area contributed by atoms with E-state index in [0.717, 1.165) is 16.3 Å². The van der Waals surface area contributed by atoms with E-state index in [1.165, 1.54) is 17.4 Å². The summed E-state index contributed by atoms with van der Waals surface area (Å²) in [5.74, 6) is -0.264. The van der Waals surface area contributed by atoms with Crippen LogP contribution in [0.2, 0.25) is 5.02 Å². The van der Waals surface area contributed by atoms with Gasteiger partial charge in [0.15, 0.2) is 0 Å². The molecule has 2 amide bonds. The molecule has 146 valence electrons. The van der Waals surface area contributed by atoms with Crippen LogP contribution in [0.4, 0.5) is 10.8 Å². The number of benzene rings is 2. The van der Waals surface area contributed by atoms with Gasteiger partial charge in [0.25, 0.3) is 0 Å². The maximum absolute atomic E-state index is 12.4. The second-order valence-electron chi connectivity index (χ2n) is 6.56. The van der Waals surface area contributed by atoms with E-state index in [0.29, 0.717) is 23.1 Å². The molecule has 1 N–H and O–H groups in total. The summed E-state index contributed by atoms with van der Waals surface area (Å²) in [5.41, 5.74) is 1.75. The maximum atomic E-state index is 12.4. The summed E-state index contributed by atoms with van der Waals surface area (Å²) in [6.45, 7) is 0.557. The molecule has 1 saturated heterocycles. The fourth-order valence-electron chi connectivity index (χ4n) is 3.07. The number of hydrogen-bond acceptors (Lipinski definition) is 5. The Hall–Kier alpha value is -3.03. The van der Waals surface area contributed by atoms with Gasteiger partial charge in [-0.1, -0.05) is 53.3 Å². The molecule has 2 aromatic carbocycles. The van der Waals surface area contributed by atoms with Gasteiger partial charge in [-0.25, -0.2) is 0 Å². The zero-order chi connectivity index (χ0) is 20.2. The SMILES string of the molecule is O=C(/C=C/c1ccc(Cl)cc1)Nc1nnc(C2CC(=O)N(c3ccccc3)C2)s1. The molecule has 6 nitrogen and oxygen atoms in total. The third kappa shape index (κ3) is 4.70. The van der Waals surface area contributed by atoms with E-state index in [4.69, 9.17) is 11.6 Å². The number of rotatable bonds is 5. The van der Waals surface area contributed by atoms with E-state index in [1.54, 1.807) is 23.1 Å². The van der Waals surface area contributed by atoms with Gasteiger partial charge in [0.2, 0.25) is 16.9 Å². The summed E-state index contributed by atoms with van der Waals surface area (Å²) < 4.78 is 0. The quantitative estimate of drug-likeness (QED) is 0.617. The number of para-hydroxylation sites is 1. The van der Waals surface area contributed by atoms with E-state index in [-0.39, 0.29) is 17.7 Å². The van der Waals surface area contributed by atoms with Gasteiger partial charge in [0, 0.05) is 35.7 Å². The van der Waals surface area contributed by atoms with Gasteiger partial charge < -0.3 is 4.90 Å². The second kappa shape index (κ2) is 8.55. The Labute approximate surface area is 176 Å². The number of amides is 2. The first-order valence-electron chi connectivity index (χ1n) is 9.02. The lowest BCUT2D eigenvalue weighted by Crippen LogP contribution is -2.24. The van der Waals surface area contributed by atoms with Crippen LogP contribution in [-0.2, 0) is 9.59 Å². The van der Waals surface area contributed by atoms with Crippen LogP contribution in [0, 0.1) is 0 Å². The van der Waals surface area contributed by atoms with Crippen molar-refractivity contribution in [2.24, 2.45) is 0 Å². The molecule has 0 saturated carbocycles. The third-order valence-electron chi connectivity index (χ3n) is 4.51. The number of anilines is 2. The summed E-state index contributed by atoms with van der Waals surface area (Å²) in [7, 11) is 0. The Bertz CT molecular complexity index is 1050. The van der Waals surface area contributed by atoms with Crippen molar-refractivity contribution in [3.05, 3.63) is 76.3 Å². The highest BCUT2D eigenvalue weighted by Crippen LogP contribution is 2.34. The van der Waals surface area contributed by atoms with Crippen molar-refractivity contribution in [3.63, 3.8) is 0 Å². The molecule has 1 fully saturated rings. The molecular weight excluding hydrogens is 408 g/mol. The van der Waals surface area contributed by atoms with E-state index in [1.807, 2.05) is 42.5 Å². The number of halogens is 1. The van der Waals surface area contributed by atoms with E-state index in [2.05, 4.69) is 15.5 Å². The molecular formula is C21H17ClN4O2S. The zero-order valence-electron chi connectivity index (χ0n) is 15.3. The topological polar surface area (TPSA) is 75.2 Å². The number of hydrogen-bond donors (Lipinski definition) is 1. The average Bonchev–Trinajstić information content (AvgIpc) is 3.35. The highest BCUT2D eigenvalue weighted by atomic mass is 35.5. The Balaban J connectivity index is 1.38. The van der Waals surface area contributed by atoms with Crippen LogP contribution in [0.25, 0.3) is 6.08 Å². The summed E-state index contributed by atoms with van der Waals surface area (Å²) in [6.07, 6.45) is 3.51.